The summed E-state index contributed by atoms with van der Waals surface area (Å²) in [7, 11) is -3.43. The molecule has 2 atom stereocenters. The second-order valence-electron chi connectivity index (χ2n) is 5.65. The summed E-state index contributed by atoms with van der Waals surface area (Å²) in [6.07, 6.45) is 2.67. The number of alkyl halides is 3. The Hall–Kier alpha value is 1.02. The van der Waals surface area contributed by atoms with Gasteiger partial charge >= 0.3 is 5.91 Å². The largest absolute Gasteiger partial charge is 0.376 e. The number of nitrogens with zero attached hydrogens (tertiary/aromatic N) is 1. The van der Waals surface area contributed by atoms with Gasteiger partial charge in [0.2, 0.25) is 7.01 Å². The molecular formula is C12H19Br3NO3S+. The third kappa shape index (κ3) is 2.20. The highest BCUT2D eigenvalue weighted by Gasteiger charge is 2.80. The summed E-state index contributed by atoms with van der Waals surface area (Å²) in [5.41, 5.74) is -0.447. The molecule has 2 unspecified atom stereocenters. The summed E-state index contributed by atoms with van der Waals surface area (Å²) in [4.78, 5) is 12.4. The van der Waals surface area contributed by atoms with Gasteiger partial charge in [0.1, 0.15) is 0 Å². The maximum atomic E-state index is 12.6. The van der Waals surface area contributed by atoms with E-state index in [0.29, 0.717) is 17.3 Å². The number of likely N-dealkylation sites (N-methyl/N-ethyl adjacent to an activating group) is 1. The minimum Gasteiger partial charge on any atom is -0.239 e. The maximum Gasteiger partial charge on any atom is 0.376 e. The van der Waals surface area contributed by atoms with Gasteiger partial charge in [-0.05, 0) is 74.5 Å². The molecule has 2 aliphatic rings. The molecule has 0 aromatic rings. The molecule has 1 aliphatic carbocycles. The van der Waals surface area contributed by atoms with Gasteiger partial charge in [0.15, 0.2) is 9.84 Å². The van der Waals surface area contributed by atoms with E-state index in [1.54, 1.807) is 0 Å². The number of hydrogen-bond acceptors (Lipinski definition) is 3. The molecule has 1 heterocycles. The van der Waals surface area contributed by atoms with Crippen molar-refractivity contribution in [1.82, 2.24) is 0 Å². The van der Waals surface area contributed by atoms with Gasteiger partial charge in [-0.1, -0.05) is 0 Å². The molecule has 2 rings (SSSR count). The molecule has 1 aliphatic heterocycles. The standard InChI is InChI=1S/C12H19Br3NO3S/c1-3-16(4-2)10(17)11(16)7-5-6-9(8-11)20(18,19)12(13,14)15/h9H,3-8H2,1-2H3/q+1. The van der Waals surface area contributed by atoms with E-state index in [4.69, 9.17) is 0 Å². The Kier molecular flexibility index (Phi) is 4.59. The van der Waals surface area contributed by atoms with Crippen molar-refractivity contribution in [1.29, 1.82) is 0 Å². The van der Waals surface area contributed by atoms with Gasteiger partial charge in [0.25, 0.3) is 0 Å². The van der Waals surface area contributed by atoms with Crippen LogP contribution in [0.15, 0.2) is 0 Å². The molecular weight excluding hydrogens is 478 g/mol. The van der Waals surface area contributed by atoms with Crippen molar-refractivity contribution < 1.29 is 17.7 Å². The first-order chi connectivity index (χ1) is 9.09. The Bertz CT molecular complexity index is 525. The molecule has 116 valence electrons. The fourth-order valence-corrected chi connectivity index (χ4v) is 7.61. The van der Waals surface area contributed by atoms with Crippen LogP contribution in [0.4, 0.5) is 0 Å². The van der Waals surface area contributed by atoms with E-state index in [9.17, 15) is 13.2 Å². The van der Waals surface area contributed by atoms with Crippen molar-refractivity contribution in [2.75, 3.05) is 13.1 Å². The van der Waals surface area contributed by atoms with Crippen molar-refractivity contribution in [2.24, 2.45) is 0 Å². The van der Waals surface area contributed by atoms with Crippen LogP contribution in [0, 0.1) is 0 Å². The van der Waals surface area contributed by atoms with Gasteiger partial charge in [0.05, 0.1) is 18.3 Å². The van der Waals surface area contributed by atoms with E-state index in [0.717, 1.165) is 25.9 Å². The molecule has 1 saturated carbocycles. The first kappa shape index (κ1) is 17.4. The normalized spacial score (nSPS) is 33.5. The Morgan fingerprint density at radius 2 is 1.85 bits per heavy atom. The summed E-state index contributed by atoms with van der Waals surface area (Å²) in [6.45, 7) is 5.53. The van der Waals surface area contributed by atoms with Gasteiger partial charge in [-0.3, -0.25) is 0 Å². The number of amides is 1. The number of carbonyl (C=O) groups excluding carboxylic acids is 1. The number of halogens is 3. The van der Waals surface area contributed by atoms with Crippen molar-refractivity contribution in [3.8, 4) is 0 Å². The zero-order valence-electron chi connectivity index (χ0n) is 11.5. The van der Waals surface area contributed by atoms with E-state index in [1.807, 2.05) is 13.8 Å². The van der Waals surface area contributed by atoms with Crippen LogP contribution < -0.4 is 0 Å². The third-order valence-corrected chi connectivity index (χ3v) is 11.1. The maximum absolute atomic E-state index is 12.6. The van der Waals surface area contributed by atoms with Gasteiger partial charge in [-0.25, -0.2) is 17.7 Å². The van der Waals surface area contributed by atoms with Crippen LogP contribution >= 0.6 is 47.8 Å². The monoisotopic (exact) mass is 494 g/mol. The molecule has 0 aromatic heterocycles. The lowest BCUT2D eigenvalue weighted by atomic mass is 9.87. The molecule has 0 aromatic carbocycles. The van der Waals surface area contributed by atoms with Crippen molar-refractivity contribution in [2.45, 2.75) is 51.8 Å². The number of quaternary nitrogens is 1. The Morgan fingerprint density at radius 1 is 1.30 bits per heavy atom. The lowest BCUT2D eigenvalue weighted by Crippen LogP contribution is -2.44. The van der Waals surface area contributed by atoms with Crippen LogP contribution in [0.5, 0.6) is 0 Å². The van der Waals surface area contributed by atoms with Crippen LogP contribution in [0.1, 0.15) is 39.5 Å². The highest BCUT2D eigenvalue weighted by atomic mass is 80.0. The van der Waals surface area contributed by atoms with Crippen LogP contribution in [0.25, 0.3) is 0 Å². The van der Waals surface area contributed by atoms with Crippen LogP contribution in [-0.2, 0) is 14.6 Å². The lowest BCUT2D eigenvalue weighted by Gasteiger charge is -2.31. The van der Waals surface area contributed by atoms with E-state index in [1.165, 1.54) is 0 Å². The lowest BCUT2D eigenvalue weighted by molar-refractivity contribution is -0.794. The van der Waals surface area contributed by atoms with Crippen molar-refractivity contribution >= 4 is 63.5 Å². The second kappa shape index (κ2) is 5.28. The predicted octanol–water partition coefficient (Wildman–Crippen LogP) is 3.28. The summed E-state index contributed by atoms with van der Waals surface area (Å²) in [6, 6.07) is 0. The summed E-state index contributed by atoms with van der Waals surface area (Å²) in [5.74, 6) is 0.228. The summed E-state index contributed by atoms with van der Waals surface area (Å²) >= 11 is 9.38. The van der Waals surface area contributed by atoms with Crippen LogP contribution in [0.2, 0.25) is 0 Å². The molecule has 1 amide bonds. The van der Waals surface area contributed by atoms with E-state index >= 15 is 0 Å². The quantitative estimate of drug-likeness (QED) is 0.342. The number of hydrogen-bond donors (Lipinski definition) is 0. The van der Waals surface area contributed by atoms with Gasteiger partial charge in [-0.2, -0.15) is 0 Å². The number of rotatable bonds is 3. The van der Waals surface area contributed by atoms with E-state index in [2.05, 4.69) is 47.8 Å². The van der Waals surface area contributed by atoms with Crippen molar-refractivity contribution in [3.63, 3.8) is 0 Å². The highest BCUT2D eigenvalue weighted by Crippen LogP contribution is 2.56. The smallest absolute Gasteiger partial charge is 0.239 e. The van der Waals surface area contributed by atoms with Crippen molar-refractivity contribution in [3.05, 3.63) is 0 Å². The Labute approximate surface area is 145 Å². The number of sulfone groups is 1. The molecule has 0 bridgehead atoms. The first-order valence-corrected chi connectivity index (χ1v) is 10.7. The van der Waals surface area contributed by atoms with Gasteiger partial charge in [-0.15, -0.1) is 0 Å². The zero-order valence-corrected chi connectivity index (χ0v) is 17.1. The molecule has 1 saturated heterocycles. The predicted molar refractivity (Wildman–Crippen MR) is 89.8 cm³/mol. The first-order valence-electron chi connectivity index (χ1n) is 6.81. The minimum absolute atomic E-state index is 0.228. The van der Waals surface area contributed by atoms with E-state index in [-0.39, 0.29) is 5.91 Å². The number of carbonyl (C=O) groups is 1. The molecule has 0 radical (unpaired) electrons. The molecule has 2 fully saturated rings. The summed E-state index contributed by atoms with van der Waals surface area (Å²) in [5, 5.41) is -0.489. The molecule has 20 heavy (non-hydrogen) atoms. The fraction of sp³-hybridized carbons (Fsp3) is 0.917. The van der Waals surface area contributed by atoms with Crippen LogP contribution in [-0.4, -0.2) is 44.2 Å². The second-order valence-corrected chi connectivity index (χ2v) is 16.4. The minimum atomic E-state index is -3.43. The van der Waals surface area contributed by atoms with Gasteiger partial charge < -0.3 is 0 Å². The SMILES string of the molecule is CC[N+]1(CC)C(=O)C12CCCC(S(=O)(=O)C(Br)(Br)Br)C2. The molecule has 8 heteroatoms. The average Bonchev–Trinajstić information content (AvgIpc) is 2.86. The van der Waals surface area contributed by atoms with E-state index < -0.39 is 22.1 Å². The molecule has 1 spiro atoms. The summed E-state index contributed by atoms with van der Waals surface area (Å²) < 4.78 is 24.3. The van der Waals surface area contributed by atoms with Crippen LogP contribution in [0.3, 0.4) is 0 Å². The third-order valence-electron chi connectivity index (χ3n) is 5.08. The Balaban J connectivity index is 2.31. The van der Waals surface area contributed by atoms with Gasteiger partial charge in [0, 0.05) is 12.8 Å². The highest BCUT2D eigenvalue weighted by molar-refractivity contribution is 9.42. The molecule has 4 nitrogen and oxygen atoms in total. The zero-order chi connectivity index (χ0) is 15.4. The molecule has 0 N–H and O–H groups in total. The average molecular weight is 497 g/mol. The topological polar surface area (TPSA) is 51.2 Å². The fourth-order valence-electron chi connectivity index (χ4n) is 3.88. The Morgan fingerprint density at radius 3 is 2.25 bits per heavy atom.